The van der Waals surface area contributed by atoms with E-state index in [1.165, 1.54) is 85.0 Å². The number of hydrogen-bond donors (Lipinski definition) is 16. The number of rotatable bonds is 24. The largest absolute Gasteiger partial charge is 0.453 e. The Balaban J connectivity index is 2.46. The molecule has 0 aliphatic carbocycles. The SMILES string of the molecule is CC[C@H](C)[C@@H]1NC(=O)[C@@H](CCCN=C(N)N)NC(=O)[C@H](CC(C)C)NC(=O)[C@H]([C@H](O)C(C)C)NC(=O)[C@@H](NC(=O)[C@H](CC(C)C)NC(=O)[C@H](N)CC(C)C)[C@@H](c2ccccc2)OC(=O)[C@H](I)NC(=O)[C@H]([C@H](OC(=O)c2ccccc2)C(N)=O)NC(=O)CNC(=O)[C@H]([C@H](C)O)NC1=O. The van der Waals surface area contributed by atoms with Gasteiger partial charge < -0.3 is 95.8 Å². The van der Waals surface area contributed by atoms with Crippen molar-refractivity contribution in [3.05, 3.63) is 71.8 Å². The third-order valence-corrected chi connectivity index (χ3v) is 16.2. The van der Waals surface area contributed by atoms with Gasteiger partial charge in [0.15, 0.2) is 22.2 Å². The Morgan fingerprint density at radius 2 is 1.20 bits per heavy atom. The minimum Gasteiger partial charge on any atom is -0.453 e. The van der Waals surface area contributed by atoms with Crippen molar-refractivity contribution in [1.29, 1.82) is 0 Å². The summed E-state index contributed by atoms with van der Waals surface area (Å²) < 4.78 is 9.59. The number of nitrogens with one attached hydrogen (secondary N) is 10. The smallest absolute Gasteiger partial charge is 0.339 e. The molecular formula is C64H98IN15O17. The molecule has 2 aromatic carbocycles. The number of benzene rings is 2. The summed E-state index contributed by atoms with van der Waals surface area (Å²) in [6.45, 7) is 16.8. The van der Waals surface area contributed by atoms with Crippen molar-refractivity contribution in [3.63, 3.8) is 0 Å². The van der Waals surface area contributed by atoms with Crippen molar-refractivity contribution in [2.75, 3.05) is 13.1 Å². The van der Waals surface area contributed by atoms with Crippen LogP contribution in [0.3, 0.4) is 0 Å². The fraction of sp³-hybridized carbons (Fsp3) is 0.594. The van der Waals surface area contributed by atoms with Crippen LogP contribution < -0.4 is 76.1 Å². The van der Waals surface area contributed by atoms with Crippen molar-refractivity contribution in [2.24, 2.45) is 57.5 Å². The van der Waals surface area contributed by atoms with E-state index >= 15 is 4.79 Å². The van der Waals surface area contributed by atoms with Crippen LogP contribution in [0.5, 0.6) is 0 Å². The van der Waals surface area contributed by atoms with Crippen LogP contribution >= 0.6 is 22.6 Å². The molecule has 97 heavy (non-hydrogen) atoms. The van der Waals surface area contributed by atoms with Gasteiger partial charge in [0.05, 0.1) is 30.4 Å². The normalized spacial score (nSPS) is 23.7. The molecule has 0 spiro atoms. The standard InChI is InChI=1S/C64H98IN15O17/c1-12-34(10)43-58(90)77-44(35(11)81)57(89)71-29-42(82)75-47(50(52(67)84)97-62(94)37-22-17-14-18-23-37)61(93)80-51(65)63(95)96-49(36-20-15-13-16-21-36)46(79-56(88)41(28-32(6)7)73-53(85)38(66)26-30(2)3)60(92)78-45(48(83)33(8)9)59(91)74-40(27-31(4)5)55(87)72-39(54(86)76-43)24-19-25-70-64(68)69/h13-18,20-23,30-35,38-41,43-51,81,83H,12,19,24-29,66H2,1-11H3,(H2,67,84)(H,71,89)(H,72,87)(H,73,85)(H,74,91)(H,75,82)(H,76,86)(H,77,90)(H,78,92)(H,79,88)(H,80,93)(H4,68,69,70)/t34-,35-,38+,39+,40-,41-,43-,44-,45-,46-,47-,48+,49+,50-,51+/m0/s1. The van der Waals surface area contributed by atoms with Gasteiger partial charge >= 0.3 is 11.9 Å². The van der Waals surface area contributed by atoms with E-state index in [2.05, 4.69) is 58.2 Å². The number of aliphatic hydroxyl groups excluding tert-OH is 2. The molecule has 1 heterocycles. The number of alkyl halides is 1. The minimum absolute atomic E-state index is 0.0214. The molecule has 2 aromatic rings. The number of carbonyl (C=O) groups is 13. The second-order valence-corrected chi connectivity index (χ2v) is 26.7. The van der Waals surface area contributed by atoms with Gasteiger partial charge in [0.1, 0.15) is 42.3 Å². The monoisotopic (exact) mass is 1480 g/mol. The lowest BCUT2D eigenvalue weighted by molar-refractivity contribution is -0.155. The van der Waals surface area contributed by atoms with Gasteiger partial charge in [0, 0.05) is 6.54 Å². The number of carbonyl (C=O) groups excluding carboxylic acids is 13. The molecule has 0 saturated carbocycles. The van der Waals surface area contributed by atoms with Gasteiger partial charge in [-0.3, -0.25) is 57.7 Å². The van der Waals surface area contributed by atoms with E-state index in [1.807, 2.05) is 13.8 Å². The lowest BCUT2D eigenvalue weighted by Crippen LogP contribution is -2.64. The summed E-state index contributed by atoms with van der Waals surface area (Å²) >= 11 is 1.38. The number of cyclic esters (lactones) is 1. The average molecular weight is 1480 g/mol. The van der Waals surface area contributed by atoms with Crippen LogP contribution in [0.2, 0.25) is 0 Å². The molecule has 1 fully saturated rings. The Bertz CT molecular complexity index is 3070. The highest BCUT2D eigenvalue weighted by Gasteiger charge is 2.44. The first-order valence-corrected chi connectivity index (χ1v) is 33.3. The van der Waals surface area contributed by atoms with Crippen molar-refractivity contribution < 1.29 is 82.0 Å². The van der Waals surface area contributed by atoms with E-state index in [0.29, 0.717) is 0 Å². The predicted molar refractivity (Wildman–Crippen MR) is 363 cm³/mol. The maximum Gasteiger partial charge on any atom is 0.339 e. The summed E-state index contributed by atoms with van der Waals surface area (Å²) in [5.74, 6) is -17.9. The molecule has 0 aromatic heterocycles. The van der Waals surface area contributed by atoms with Gasteiger partial charge in [-0.2, -0.15) is 0 Å². The summed E-state index contributed by atoms with van der Waals surface area (Å²) in [5.41, 5.74) is 23.0. The molecule has 0 bridgehead atoms. The number of hydrogen-bond acceptors (Lipinski definition) is 19. The van der Waals surface area contributed by atoms with Gasteiger partial charge in [0.2, 0.25) is 65.2 Å². The number of guanidine groups is 1. The van der Waals surface area contributed by atoms with Crippen molar-refractivity contribution >= 4 is 105 Å². The Labute approximate surface area is 577 Å². The number of halogens is 1. The second kappa shape index (κ2) is 40.2. The maximum atomic E-state index is 15.5. The Morgan fingerprint density at radius 1 is 0.649 bits per heavy atom. The molecule has 32 nitrogen and oxygen atoms in total. The van der Waals surface area contributed by atoms with Crippen LogP contribution in [-0.2, 0) is 67.0 Å². The minimum atomic E-state index is -2.39. The summed E-state index contributed by atoms with van der Waals surface area (Å²) in [4.78, 5) is 191. The van der Waals surface area contributed by atoms with Gasteiger partial charge in [-0.25, -0.2) is 9.59 Å². The summed E-state index contributed by atoms with van der Waals surface area (Å²) in [7, 11) is 0. The van der Waals surface area contributed by atoms with Crippen LogP contribution in [0.1, 0.15) is 137 Å². The fourth-order valence-electron chi connectivity index (χ4n) is 9.93. The molecule has 11 amide bonds. The molecule has 15 atom stereocenters. The fourth-order valence-corrected chi connectivity index (χ4v) is 10.4. The number of primary amides is 1. The van der Waals surface area contributed by atoms with Crippen molar-refractivity contribution in [1.82, 2.24) is 53.2 Å². The van der Waals surface area contributed by atoms with Crippen LogP contribution in [0.4, 0.5) is 0 Å². The summed E-state index contributed by atoms with van der Waals surface area (Å²) in [6.07, 6.45) is -7.78. The van der Waals surface area contributed by atoms with Crippen LogP contribution in [0.25, 0.3) is 0 Å². The van der Waals surface area contributed by atoms with Crippen molar-refractivity contribution in [2.45, 2.75) is 198 Å². The number of aliphatic imine (C=N–C) groups is 1. The van der Waals surface area contributed by atoms with E-state index in [4.69, 9.17) is 32.4 Å². The van der Waals surface area contributed by atoms with E-state index in [-0.39, 0.29) is 79.9 Å². The first-order valence-electron chi connectivity index (χ1n) is 32.1. The Hall–Kier alpha value is -8.57. The first kappa shape index (κ1) is 82.7. The second-order valence-electron chi connectivity index (χ2n) is 25.4. The lowest BCUT2D eigenvalue weighted by Gasteiger charge is -2.33. The molecule has 1 aliphatic heterocycles. The molecule has 20 N–H and O–H groups in total. The molecule has 0 radical (unpaired) electrons. The summed E-state index contributed by atoms with van der Waals surface area (Å²) in [6, 6.07) is -1.21. The maximum absolute atomic E-state index is 15.5. The molecular weight excluding hydrogens is 1380 g/mol. The number of ether oxygens (including phenoxy) is 2. The topological polar surface area (TPSA) is 518 Å². The third kappa shape index (κ3) is 27.1. The van der Waals surface area contributed by atoms with Crippen LogP contribution in [-0.4, -0.2) is 183 Å². The van der Waals surface area contributed by atoms with E-state index in [1.54, 1.807) is 53.7 Å². The van der Waals surface area contributed by atoms with Gasteiger partial charge in [-0.15, -0.1) is 0 Å². The Morgan fingerprint density at radius 3 is 1.74 bits per heavy atom. The van der Waals surface area contributed by atoms with Gasteiger partial charge in [-0.1, -0.05) is 124 Å². The zero-order chi connectivity index (χ0) is 73.1. The van der Waals surface area contributed by atoms with E-state index in [9.17, 15) is 67.7 Å². The molecule has 33 heteroatoms. The number of aliphatic hydroxyl groups is 2. The first-order chi connectivity index (χ1) is 45.5. The molecule has 3 rings (SSSR count). The molecule has 1 aliphatic rings. The van der Waals surface area contributed by atoms with E-state index in [0.717, 1.165) is 6.92 Å². The quantitative estimate of drug-likeness (QED) is 0.0101. The Kier molecular flexibility index (Phi) is 34.3. The molecule has 538 valence electrons. The number of esters is 2. The lowest BCUT2D eigenvalue weighted by atomic mass is 9.95. The van der Waals surface area contributed by atoms with Crippen molar-refractivity contribution in [3.8, 4) is 0 Å². The highest BCUT2D eigenvalue weighted by molar-refractivity contribution is 14.1. The predicted octanol–water partition coefficient (Wildman–Crippen LogP) is -2.17. The van der Waals surface area contributed by atoms with Crippen LogP contribution in [0.15, 0.2) is 65.7 Å². The number of nitrogens with zero attached hydrogens (tertiary/aromatic N) is 1. The van der Waals surface area contributed by atoms with Crippen LogP contribution in [0, 0.1) is 29.6 Å². The van der Waals surface area contributed by atoms with Gasteiger partial charge in [0.25, 0.3) is 5.91 Å². The van der Waals surface area contributed by atoms with E-state index < -0.39 is 178 Å². The van der Waals surface area contributed by atoms with Gasteiger partial charge in [-0.05, 0) is 109 Å². The zero-order valence-corrected chi connectivity index (χ0v) is 58.7. The highest BCUT2D eigenvalue weighted by atomic mass is 127. The highest BCUT2D eigenvalue weighted by Crippen LogP contribution is 2.26. The number of nitrogens with two attached hydrogens (primary N) is 4. The third-order valence-electron chi connectivity index (χ3n) is 15.4. The zero-order valence-electron chi connectivity index (χ0n) is 56.6. The molecule has 0 unspecified atom stereocenters. The summed E-state index contributed by atoms with van der Waals surface area (Å²) in [5, 5.41) is 47.5. The molecule has 1 saturated heterocycles. The average Bonchev–Trinajstić information content (AvgIpc) is 0.847. The number of amides is 11.